The molecule has 0 unspecified atom stereocenters. The van der Waals surface area contributed by atoms with Gasteiger partial charge in [-0.3, -0.25) is 4.79 Å². The van der Waals surface area contributed by atoms with Crippen molar-refractivity contribution >= 4 is 5.97 Å². The normalized spacial score (nSPS) is 46.6. The number of carbonyl (C=O) groups is 1. The van der Waals surface area contributed by atoms with Crippen molar-refractivity contribution in [3.8, 4) is 0 Å². The minimum atomic E-state index is 0.0784. The zero-order valence-electron chi connectivity index (χ0n) is 16.2. The summed E-state index contributed by atoms with van der Waals surface area (Å²) in [5.41, 5.74) is 1.60. The molecule has 0 radical (unpaired) electrons. The van der Waals surface area contributed by atoms with Gasteiger partial charge in [-0.1, -0.05) is 30.9 Å². The molecule has 2 aliphatic carbocycles. The number of fused-ring (bicyclic) bond motifs is 2. The summed E-state index contributed by atoms with van der Waals surface area (Å²) in [7, 11) is 2.30. The number of piperidine rings is 1. The van der Waals surface area contributed by atoms with Gasteiger partial charge in [-0.05, 0) is 71.3 Å². The number of ether oxygens (including phenoxy) is 1. The summed E-state index contributed by atoms with van der Waals surface area (Å²) in [6, 6.07) is 1.38. The highest BCUT2D eigenvalue weighted by molar-refractivity contribution is 5.76. The van der Waals surface area contributed by atoms with E-state index in [-0.39, 0.29) is 18.0 Å². The minimum Gasteiger partial charge on any atom is -0.462 e. The molecular formula is C22H35NO2. The van der Waals surface area contributed by atoms with Crippen molar-refractivity contribution in [2.75, 3.05) is 7.05 Å². The van der Waals surface area contributed by atoms with Crippen molar-refractivity contribution in [3.05, 3.63) is 11.6 Å². The molecule has 0 amide bonds. The van der Waals surface area contributed by atoms with Gasteiger partial charge >= 0.3 is 5.97 Å². The molecule has 0 aromatic heterocycles. The fourth-order valence-corrected chi connectivity index (χ4v) is 6.33. The summed E-state index contributed by atoms with van der Waals surface area (Å²) in [5, 5.41) is 0. The number of carbonyl (C=O) groups excluding carboxylic acids is 1. The number of likely N-dealkylation sites (tertiary alicyclic amines) is 1. The molecule has 4 aliphatic rings. The Labute approximate surface area is 153 Å². The van der Waals surface area contributed by atoms with Gasteiger partial charge in [0, 0.05) is 18.0 Å². The quantitative estimate of drug-likeness (QED) is 0.542. The van der Waals surface area contributed by atoms with Crippen LogP contribution in [0.5, 0.6) is 0 Å². The molecule has 0 N–H and O–H groups in total. The van der Waals surface area contributed by atoms with Gasteiger partial charge in [0.25, 0.3) is 0 Å². The first-order valence-electron chi connectivity index (χ1n) is 10.7. The van der Waals surface area contributed by atoms with E-state index in [4.69, 9.17) is 4.74 Å². The maximum Gasteiger partial charge on any atom is 0.309 e. The summed E-state index contributed by atoms with van der Waals surface area (Å²) in [6.45, 7) is 4.48. The third kappa shape index (κ3) is 3.18. The van der Waals surface area contributed by atoms with E-state index in [1.165, 1.54) is 44.9 Å². The molecule has 4 fully saturated rings. The van der Waals surface area contributed by atoms with Crippen LogP contribution in [0.1, 0.15) is 71.6 Å². The number of rotatable bonds is 2. The third-order valence-electron chi connectivity index (χ3n) is 7.88. The van der Waals surface area contributed by atoms with Crippen LogP contribution in [-0.2, 0) is 9.53 Å². The second kappa shape index (κ2) is 7.06. The van der Waals surface area contributed by atoms with Gasteiger partial charge in [0.15, 0.2) is 0 Å². The highest BCUT2D eigenvalue weighted by atomic mass is 16.6. The Balaban J connectivity index is 1.58. The molecule has 2 heterocycles. The Morgan fingerprint density at radius 1 is 1.08 bits per heavy atom. The molecule has 25 heavy (non-hydrogen) atoms. The predicted molar refractivity (Wildman–Crippen MR) is 100 cm³/mol. The number of esters is 1. The molecule has 2 saturated heterocycles. The standard InChI is InChI=1S/C22H35NO2/c1-14-7-6-9-17(23(14)3)11-12-19-18-10-5-4-8-16(18)13-20-21(19)15(2)25-22(20)24/h12,14-18,20-21H,4-11,13H2,1-3H3/b19-12+/t14-,15-,16+,17+,18-,20-,21+/m0/s1. The van der Waals surface area contributed by atoms with E-state index in [9.17, 15) is 4.79 Å². The SMILES string of the molecule is C[C@@H]1OC(=O)[C@H]2C[C@H]3CCCC[C@@H]3/C(=C\C[C@H]3CCC[C@H](C)N3C)[C@@H]12. The Morgan fingerprint density at radius 2 is 1.88 bits per heavy atom. The van der Waals surface area contributed by atoms with Crippen LogP contribution in [0.3, 0.4) is 0 Å². The predicted octanol–water partition coefficient (Wildman–Crippen LogP) is 4.56. The lowest BCUT2D eigenvalue weighted by Gasteiger charge is -2.43. The molecular weight excluding hydrogens is 310 g/mol. The Bertz CT molecular complexity index is 542. The minimum absolute atomic E-state index is 0.0784. The lowest BCUT2D eigenvalue weighted by molar-refractivity contribution is -0.144. The summed E-state index contributed by atoms with van der Waals surface area (Å²) in [5.74, 6) is 2.03. The van der Waals surface area contributed by atoms with E-state index in [1.54, 1.807) is 5.57 Å². The average Bonchev–Trinajstić information content (AvgIpc) is 2.89. The maximum absolute atomic E-state index is 12.4. The largest absolute Gasteiger partial charge is 0.462 e. The summed E-state index contributed by atoms with van der Waals surface area (Å²) in [6.07, 6.45) is 14.2. The zero-order chi connectivity index (χ0) is 17.6. The topological polar surface area (TPSA) is 29.5 Å². The van der Waals surface area contributed by atoms with Crippen LogP contribution in [0.2, 0.25) is 0 Å². The molecule has 0 spiro atoms. The van der Waals surface area contributed by atoms with Crippen molar-refractivity contribution in [2.24, 2.45) is 23.7 Å². The lowest BCUT2D eigenvalue weighted by Crippen LogP contribution is -2.42. The van der Waals surface area contributed by atoms with E-state index in [0.29, 0.717) is 18.0 Å². The smallest absolute Gasteiger partial charge is 0.309 e. The van der Waals surface area contributed by atoms with Crippen LogP contribution in [0.25, 0.3) is 0 Å². The van der Waals surface area contributed by atoms with Crippen molar-refractivity contribution in [3.63, 3.8) is 0 Å². The van der Waals surface area contributed by atoms with Gasteiger partial charge in [-0.15, -0.1) is 0 Å². The Hall–Kier alpha value is -0.830. The van der Waals surface area contributed by atoms with Gasteiger partial charge < -0.3 is 9.64 Å². The van der Waals surface area contributed by atoms with E-state index >= 15 is 0 Å². The molecule has 3 heteroatoms. The zero-order valence-corrected chi connectivity index (χ0v) is 16.2. The molecule has 4 rings (SSSR count). The van der Waals surface area contributed by atoms with Crippen LogP contribution in [0.15, 0.2) is 11.6 Å². The first-order valence-corrected chi connectivity index (χ1v) is 10.7. The monoisotopic (exact) mass is 345 g/mol. The van der Waals surface area contributed by atoms with E-state index < -0.39 is 0 Å². The van der Waals surface area contributed by atoms with Crippen molar-refractivity contribution in [1.29, 1.82) is 0 Å². The van der Waals surface area contributed by atoms with Gasteiger partial charge in [-0.2, -0.15) is 0 Å². The van der Waals surface area contributed by atoms with Gasteiger partial charge in [0.1, 0.15) is 6.10 Å². The van der Waals surface area contributed by atoms with Crippen LogP contribution in [0, 0.1) is 23.7 Å². The first-order chi connectivity index (χ1) is 12.1. The fourth-order valence-electron chi connectivity index (χ4n) is 6.33. The molecule has 3 nitrogen and oxygen atoms in total. The van der Waals surface area contributed by atoms with E-state index in [0.717, 1.165) is 24.7 Å². The summed E-state index contributed by atoms with van der Waals surface area (Å²) in [4.78, 5) is 15.0. The second-order valence-corrected chi connectivity index (χ2v) is 9.20. The average molecular weight is 346 g/mol. The first kappa shape index (κ1) is 17.6. The Kier molecular flexibility index (Phi) is 4.96. The molecule has 0 aromatic carbocycles. The molecule has 0 bridgehead atoms. The number of hydrogen-bond acceptors (Lipinski definition) is 3. The van der Waals surface area contributed by atoms with Crippen molar-refractivity contribution in [1.82, 2.24) is 4.90 Å². The third-order valence-corrected chi connectivity index (χ3v) is 7.88. The fraction of sp³-hybridized carbons (Fsp3) is 0.864. The number of cyclic esters (lactones) is 1. The van der Waals surface area contributed by atoms with Crippen LogP contribution < -0.4 is 0 Å². The number of nitrogens with zero attached hydrogens (tertiary/aromatic N) is 1. The van der Waals surface area contributed by atoms with Gasteiger partial charge in [0.2, 0.25) is 0 Å². The Morgan fingerprint density at radius 3 is 2.72 bits per heavy atom. The maximum atomic E-state index is 12.4. The van der Waals surface area contributed by atoms with E-state index in [1.807, 2.05) is 0 Å². The molecule has 0 aromatic rings. The second-order valence-electron chi connectivity index (χ2n) is 9.20. The lowest BCUT2D eigenvalue weighted by atomic mass is 9.60. The van der Waals surface area contributed by atoms with Gasteiger partial charge in [-0.25, -0.2) is 0 Å². The summed E-state index contributed by atoms with van der Waals surface area (Å²) < 4.78 is 5.68. The van der Waals surface area contributed by atoms with Crippen LogP contribution in [0.4, 0.5) is 0 Å². The number of hydrogen-bond donors (Lipinski definition) is 0. The highest BCUT2D eigenvalue weighted by Crippen LogP contribution is 2.52. The van der Waals surface area contributed by atoms with Gasteiger partial charge in [0.05, 0.1) is 5.92 Å². The highest BCUT2D eigenvalue weighted by Gasteiger charge is 2.51. The molecule has 7 atom stereocenters. The van der Waals surface area contributed by atoms with Crippen LogP contribution >= 0.6 is 0 Å². The molecule has 140 valence electrons. The van der Waals surface area contributed by atoms with E-state index in [2.05, 4.69) is 31.9 Å². The summed E-state index contributed by atoms with van der Waals surface area (Å²) >= 11 is 0. The molecule has 2 aliphatic heterocycles. The molecule has 2 saturated carbocycles. The van der Waals surface area contributed by atoms with Crippen molar-refractivity contribution < 1.29 is 9.53 Å². The van der Waals surface area contributed by atoms with Crippen LogP contribution in [-0.4, -0.2) is 36.1 Å². The van der Waals surface area contributed by atoms with Crippen molar-refractivity contribution in [2.45, 2.75) is 89.8 Å².